The first-order chi connectivity index (χ1) is 13.2. The van der Waals surface area contributed by atoms with Crippen molar-refractivity contribution in [2.45, 2.75) is 6.92 Å². The second-order valence-corrected chi connectivity index (χ2v) is 7.12. The minimum absolute atomic E-state index is 0.317. The van der Waals surface area contributed by atoms with Crippen LogP contribution in [0.25, 0.3) is 32.6 Å². The van der Waals surface area contributed by atoms with Gasteiger partial charge in [0, 0.05) is 17.2 Å². The zero-order chi connectivity index (χ0) is 18.8. The molecule has 0 aliphatic heterocycles. The summed E-state index contributed by atoms with van der Waals surface area (Å²) in [5.41, 5.74) is 10.9. The summed E-state index contributed by atoms with van der Waals surface area (Å²) >= 11 is 1.33. The van der Waals surface area contributed by atoms with Gasteiger partial charge in [0.1, 0.15) is 4.88 Å². The number of rotatable bonds is 4. The van der Waals surface area contributed by atoms with Crippen molar-refractivity contribution < 1.29 is 14.5 Å². The van der Waals surface area contributed by atoms with Crippen LogP contribution in [0.5, 0.6) is 0 Å². The maximum Gasteiger partial charge on any atom is 0.350 e. The minimum atomic E-state index is -0.384. The highest BCUT2D eigenvalue weighted by Gasteiger charge is 2.25. The number of benzene rings is 2. The smallest absolute Gasteiger partial charge is 0.350 e. The summed E-state index contributed by atoms with van der Waals surface area (Å²) in [6.07, 6.45) is 0. The van der Waals surface area contributed by atoms with Crippen molar-refractivity contribution in [3.63, 3.8) is 0 Å². The van der Waals surface area contributed by atoms with Crippen LogP contribution in [-0.4, -0.2) is 12.6 Å². The Balaban J connectivity index is 2.01. The molecule has 0 saturated carbocycles. The van der Waals surface area contributed by atoms with E-state index < -0.39 is 0 Å². The van der Waals surface area contributed by atoms with Crippen LogP contribution in [0.15, 0.2) is 66.7 Å². The number of H-pyrrole nitrogens is 1. The number of carbonyl (C=O) groups is 1. The Kier molecular flexibility index (Phi) is 4.60. The first-order valence-corrected chi connectivity index (χ1v) is 9.57. The fourth-order valence-corrected chi connectivity index (χ4v) is 4.18. The number of hydrogen-bond donors (Lipinski definition) is 1. The van der Waals surface area contributed by atoms with Crippen LogP contribution in [0.4, 0.5) is 5.69 Å². The van der Waals surface area contributed by atoms with Crippen molar-refractivity contribution in [1.29, 1.82) is 0 Å². The molecule has 2 aromatic heterocycles. The normalized spacial score (nSPS) is 10.9. The predicted molar refractivity (Wildman–Crippen MR) is 110 cm³/mol. The van der Waals surface area contributed by atoms with Gasteiger partial charge in [-0.05, 0) is 24.6 Å². The van der Waals surface area contributed by atoms with E-state index in [4.69, 9.17) is 10.5 Å². The number of aromatic nitrogens is 1. The molecule has 2 aromatic carbocycles. The molecule has 2 heterocycles. The molecule has 0 aliphatic rings. The highest BCUT2D eigenvalue weighted by Crippen LogP contribution is 2.39. The number of carbonyl (C=O) groups excluding carboxylic acids is 1. The Labute approximate surface area is 161 Å². The molecule has 0 amide bonds. The lowest BCUT2D eigenvalue weighted by molar-refractivity contribution is -0.327. The van der Waals surface area contributed by atoms with E-state index in [1.54, 1.807) is 6.92 Å². The lowest BCUT2D eigenvalue weighted by Gasteiger charge is -2.05. The summed E-state index contributed by atoms with van der Waals surface area (Å²) in [6, 6.07) is 22.2. The van der Waals surface area contributed by atoms with Crippen LogP contribution in [0, 0.1) is 0 Å². The van der Waals surface area contributed by atoms with Crippen molar-refractivity contribution in [2.24, 2.45) is 0 Å². The molecule has 0 radical (unpaired) electrons. The van der Waals surface area contributed by atoms with Gasteiger partial charge < -0.3 is 10.5 Å². The topological polar surface area (TPSA) is 66.5 Å². The molecule has 0 fully saturated rings. The monoisotopic (exact) mass is 375 g/mol. The van der Waals surface area contributed by atoms with Gasteiger partial charge in [-0.1, -0.05) is 59.9 Å². The average molecular weight is 375 g/mol. The van der Waals surface area contributed by atoms with Gasteiger partial charge in [-0.2, -0.15) is 4.98 Å². The van der Waals surface area contributed by atoms with E-state index in [2.05, 4.69) is 23.2 Å². The van der Waals surface area contributed by atoms with Crippen molar-refractivity contribution >= 4 is 33.2 Å². The molecule has 3 N–H and O–H groups in total. The first kappa shape index (κ1) is 17.2. The quantitative estimate of drug-likeness (QED) is 0.521. The van der Waals surface area contributed by atoms with Crippen molar-refractivity contribution in [1.82, 2.24) is 0 Å². The summed E-state index contributed by atoms with van der Waals surface area (Å²) in [5.74, 6) is -0.384. The number of esters is 1. The molecule has 4 nitrogen and oxygen atoms in total. The van der Waals surface area contributed by atoms with Gasteiger partial charge in [-0.3, -0.25) is 0 Å². The molecule has 4 aromatic rings. The SMILES string of the molecule is CCOC(=O)c1sc2[nH+]c(-c3ccccc3)cc(-c3ccccc3)c2c1N. The van der Waals surface area contributed by atoms with Gasteiger partial charge >= 0.3 is 5.97 Å². The number of ether oxygens (including phenoxy) is 1. The van der Waals surface area contributed by atoms with E-state index in [0.717, 1.165) is 32.6 Å². The van der Waals surface area contributed by atoms with Crippen LogP contribution in [0.3, 0.4) is 0 Å². The summed E-state index contributed by atoms with van der Waals surface area (Å²) < 4.78 is 5.18. The molecule has 27 heavy (non-hydrogen) atoms. The molecule has 0 bridgehead atoms. The fraction of sp³-hybridized carbons (Fsp3) is 0.0909. The number of fused-ring (bicyclic) bond motifs is 1. The standard InChI is InChI=1S/C22H18N2O2S/c1-2-26-22(25)20-19(23)18-16(14-9-5-3-6-10-14)13-17(24-21(18)27-20)15-11-7-4-8-12-15/h3-13H,2,23H2,1H3/p+1. The van der Waals surface area contributed by atoms with Gasteiger partial charge in [0.2, 0.25) is 5.69 Å². The molecule has 4 rings (SSSR count). The molecule has 134 valence electrons. The van der Waals surface area contributed by atoms with E-state index in [-0.39, 0.29) is 5.97 Å². The average Bonchev–Trinajstić information content (AvgIpc) is 3.05. The van der Waals surface area contributed by atoms with Gasteiger partial charge in [0.15, 0.2) is 0 Å². The van der Waals surface area contributed by atoms with E-state index in [9.17, 15) is 4.79 Å². The summed E-state index contributed by atoms with van der Waals surface area (Å²) in [5, 5.41) is 0.855. The Hall–Kier alpha value is -3.18. The van der Waals surface area contributed by atoms with Crippen LogP contribution in [0.1, 0.15) is 16.6 Å². The van der Waals surface area contributed by atoms with Gasteiger partial charge in [-0.25, -0.2) is 4.79 Å². The number of nitrogens with two attached hydrogens (primary N) is 1. The van der Waals surface area contributed by atoms with Crippen LogP contribution in [0.2, 0.25) is 0 Å². The molecule has 5 heteroatoms. The van der Waals surface area contributed by atoms with Gasteiger partial charge in [0.05, 0.1) is 17.7 Å². The largest absolute Gasteiger partial charge is 0.462 e. The number of nitrogens with one attached hydrogen (secondary N) is 1. The lowest BCUT2D eigenvalue weighted by Crippen LogP contribution is -2.07. The molecule has 0 saturated heterocycles. The summed E-state index contributed by atoms with van der Waals surface area (Å²) in [4.78, 5) is 17.1. The predicted octanol–water partition coefficient (Wildman–Crippen LogP) is 4.81. The number of pyridine rings is 1. The van der Waals surface area contributed by atoms with E-state index in [1.165, 1.54) is 11.3 Å². The number of aromatic amines is 1. The molecule has 0 atom stereocenters. The number of anilines is 1. The van der Waals surface area contributed by atoms with E-state index >= 15 is 0 Å². The lowest BCUT2D eigenvalue weighted by atomic mass is 9.99. The fourth-order valence-electron chi connectivity index (χ4n) is 3.14. The van der Waals surface area contributed by atoms with E-state index in [1.807, 2.05) is 48.5 Å². The maximum absolute atomic E-state index is 12.3. The van der Waals surface area contributed by atoms with Gasteiger partial charge in [-0.15, -0.1) is 0 Å². The third-order valence-corrected chi connectivity index (χ3v) is 5.48. The van der Waals surface area contributed by atoms with Crippen molar-refractivity contribution in [2.75, 3.05) is 12.3 Å². The van der Waals surface area contributed by atoms with Crippen LogP contribution >= 0.6 is 11.3 Å². The number of thiophene rings is 1. The van der Waals surface area contributed by atoms with Crippen LogP contribution < -0.4 is 10.7 Å². The number of hydrogen-bond acceptors (Lipinski definition) is 4. The molecule has 0 unspecified atom stereocenters. The second kappa shape index (κ2) is 7.21. The third-order valence-electron chi connectivity index (χ3n) is 4.38. The van der Waals surface area contributed by atoms with Gasteiger partial charge in [0.25, 0.3) is 4.83 Å². The zero-order valence-corrected chi connectivity index (χ0v) is 15.7. The van der Waals surface area contributed by atoms with Crippen molar-refractivity contribution in [3.8, 4) is 22.4 Å². The highest BCUT2D eigenvalue weighted by molar-refractivity contribution is 7.20. The van der Waals surface area contributed by atoms with Crippen molar-refractivity contribution in [3.05, 3.63) is 71.6 Å². The zero-order valence-electron chi connectivity index (χ0n) is 14.9. The van der Waals surface area contributed by atoms with Crippen LogP contribution in [-0.2, 0) is 4.74 Å². The maximum atomic E-state index is 12.3. The minimum Gasteiger partial charge on any atom is -0.462 e. The number of nitrogen functional groups attached to an aromatic ring is 1. The molecule has 0 spiro atoms. The van der Waals surface area contributed by atoms with E-state index in [0.29, 0.717) is 17.2 Å². The first-order valence-electron chi connectivity index (χ1n) is 8.75. The molecule has 0 aliphatic carbocycles. The Morgan fingerprint density at radius 1 is 1.04 bits per heavy atom. The Morgan fingerprint density at radius 3 is 2.30 bits per heavy atom. The second-order valence-electron chi connectivity index (χ2n) is 6.10. The third kappa shape index (κ3) is 3.17. The Morgan fingerprint density at radius 2 is 1.67 bits per heavy atom. The highest BCUT2D eigenvalue weighted by atomic mass is 32.1. The Bertz CT molecular complexity index is 1110. The molecular formula is C22H19N2O2S+. The summed E-state index contributed by atoms with van der Waals surface area (Å²) in [6.45, 7) is 2.10. The molecular weight excluding hydrogens is 356 g/mol. The summed E-state index contributed by atoms with van der Waals surface area (Å²) in [7, 11) is 0.